The summed E-state index contributed by atoms with van der Waals surface area (Å²) in [5.74, 6) is -1.46. The number of nitro benzene ring substituents is 2. The zero-order valence-corrected chi connectivity index (χ0v) is 27.8. The summed E-state index contributed by atoms with van der Waals surface area (Å²) in [7, 11) is 0. The second-order valence-electron chi connectivity index (χ2n) is 11.2. The van der Waals surface area contributed by atoms with Gasteiger partial charge in [0.05, 0.1) is 15.5 Å². The molecule has 0 radical (unpaired) electrons. The van der Waals surface area contributed by atoms with Crippen molar-refractivity contribution in [3.8, 4) is 0 Å². The van der Waals surface area contributed by atoms with Crippen LogP contribution in [-0.4, -0.2) is 62.3 Å². The summed E-state index contributed by atoms with van der Waals surface area (Å²) in [6.07, 6.45) is -0.906. The van der Waals surface area contributed by atoms with Gasteiger partial charge in [-0.25, -0.2) is 9.59 Å². The van der Waals surface area contributed by atoms with Crippen LogP contribution >= 0.6 is 23.1 Å². The Balaban J connectivity index is 1.16. The van der Waals surface area contributed by atoms with Gasteiger partial charge in [-0.15, -0.1) is 23.1 Å². The van der Waals surface area contributed by atoms with Crippen LogP contribution in [0.15, 0.2) is 89.4 Å². The minimum atomic E-state index is -1.01. The molecule has 0 spiro atoms. The highest BCUT2D eigenvalue weighted by molar-refractivity contribution is 8.00. The number of carbonyl (C=O) groups is 4. The first-order valence-electron chi connectivity index (χ1n) is 15.0. The van der Waals surface area contributed by atoms with Crippen molar-refractivity contribution in [3.63, 3.8) is 0 Å². The van der Waals surface area contributed by atoms with Gasteiger partial charge in [0.2, 0.25) is 5.91 Å². The van der Waals surface area contributed by atoms with Gasteiger partial charge in [0, 0.05) is 45.5 Å². The number of ether oxygens (including phenoxy) is 2. The van der Waals surface area contributed by atoms with Crippen molar-refractivity contribution < 1.29 is 38.5 Å². The number of fused-ring (bicyclic) bond motifs is 2. The maximum Gasteiger partial charge on any atom is 0.407 e. The molecule has 15 nitrogen and oxygen atoms in total. The normalized spacial score (nSPS) is 16.7. The van der Waals surface area contributed by atoms with E-state index < -0.39 is 51.7 Å². The minimum absolute atomic E-state index is 0.0763. The molecule has 17 heteroatoms. The topological polar surface area (TPSA) is 192 Å². The van der Waals surface area contributed by atoms with Gasteiger partial charge < -0.3 is 14.8 Å². The number of rotatable bonds is 11. The molecule has 1 N–H and O–H groups in total. The number of anilines is 1. The molecule has 1 fully saturated rings. The fraction of sp³-hybridized carbons (Fsp3) is 0.212. The van der Waals surface area contributed by atoms with E-state index in [0.717, 1.165) is 10.1 Å². The lowest BCUT2D eigenvalue weighted by Crippen LogP contribution is -2.72. The van der Waals surface area contributed by atoms with Crippen LogP contribution in [0, 0.1) is 20.2 Å². The van der Waals surface area contributed by atoms with Crippen LogP contribution in [0.4, 0.5) is 21.9 Å². The van der Waals surface area contributed by atoms with Crippen molar-refractivity contribution in [2.75, 3.05) is 17.2 Å². The van der Waals surface area contributed by atoms with Gasteiger partial charge in [-0.1, -0.05) is 18.2 Å². The van der Waals surface area contributed by atoms with Crippen LogP contribution in [0.2, 0.25) is 0 Å². The molecule has 2 aliphatic rings. The number of thiophene rings is 1. The lowest BCUT2D eigenvalue weighted by molar-refractivity contribution is -0.385. The van der Waals surface area contributed by atoms with Gasteiger partial charge in [0.1, 0.15) is 36.9 Å². The Hall–Kier alpha value is -5.81. The Morgan fingerprint density at radius 1 is 0.920 bits per heavy atom. The molecule has 6 rings (SSSR count). The number of thioether (sulfide) groups is 1. The third-order valence-corrected chi connectivity index (χ3v) is 10.4. The van der Waals surface area contributed by atoms with Gasteiger partial charge in [-0.05, 0) is 54.0 Å². The molecular formula is C33H27N5O10S2. The maximum atomic E-state index is 13.9. The summed E-state index contributed by atoms with van der Waals surface area (Å²) in [6.45, 7) is 0.839. The average molecular weight is 718 g/mol. The molecule has 0 bridgehead atoms. The first-order chi connectivity index (χ1) is 24.0. The highest BCUT2D eigenvalue weighted by atomic mass is 32.2. The Kier molecular flexibility index (Phi) is 9.78. The molecule has 1 aromatic heterocycles. The summed E-state index contributed by atoms with van der Waals surface area (Å²) in [5.41, 5.74) is 1.98. The largest absolute Gasteiger partial charge is 0.456 e. The third kappa shape index (κ3) is 6.85. The van der Waals surface area contributed by atoms with Gasteiger partial charge in [-0.2, -0.15) is 0 Å². The van der Waals surface area contributed by atoms with E-state index in [-0.39, 0.29) is 30.3 Å². The molecule has 1 saturated heterocycles. The zero-order chi connectivity index (χ0) is 35.5. The number of hydrogen-bond donors (Lipinski definition) is 1. The molecule has 0 aliphatic carbocycles. The summed E-state index contributed by atoms with van der Waals surface area (Å²) in [5, 5.41) is 26.1. The van der Waals surface area contributed by atoms with E-state index in [2.05, 4.69) is 5.32 Å². The van der Waals surface area contributed by atoms with E-state index in [9.17, 15) is 39.4 Å². The van der Waals surface area contributed by atoms with Gasteiger partial charge in [-0.3, -0.25) is 39.6 Å². The fourth-order valence-corrected chi connectivity index (χ4v) is 7.79. The van der Waals surface area contributed by atoms with Crippen LogP contribution in [0.1, 0.15) is 18.1 Å². The quantitative estimate of drug-likeness (QED) is 0.0919. The number of carbonyl (C=O) groups excluding carboxylic acids is 4. The van der Waals surface area contributed by atoms with Gasteiger partial charge in [0.25, 0.3) is 17.3 Å². The van der Waals surface area contributed by atoms with Crippen LogP contribution in [0.5, 0.6) is 0 Å². The predicted octanol–water partition coefficient (Wildman–Crippen LogP) is 5.28. The summed E-state index contributed by atoms with van der Waals surface area (Å²) in [4.78, 5) is 77.2. The SMILES string of the molecule is CC1=C(C(=O)OCc2ccc([N+](=O)[O-])cc2)N2C(=O)C(N(C(=O)CNC(=O)OCc3ccc([N+](=O)[O-])cc3)c3csc4ccccc34)[C@@H]2SC1. The number of non-ortho nitro benzene ring substituents is 2. The number of nitrogens with zero attached hydrogens (tertiary/aromatic N) is 4. The Bertz CT molecular complexity index is 2050. The molecule has 1 unspecified atom stereocenters. The van der Waals surface area contributed by atoms with Crippen molar-refractivity contribution in [2.24, 2.45) is 0 Å². The number of nitrogens with one attached hydrogen (secondary N) is 1. The minimum Gasteiger partial charge on any atom is -0.456 e. The molecule has 4 aromatic rings. The summed E-state index contributed by atoms with van der Waals surface area (Å²) < 4.78 is 11.6. The Morgan fingerprint density at radius 3 is 2.14 bits per heavy atom. The van der Waals surface area contributed by atoms with Crippen molar-refractivity contribution in [3.05, 3.63) is 121 Å². The second kappa shape index (κ2) is 14.4. The first-order valence-corrected chi connectivity index (χ1v) is 16.9. The highest BCUT2D eigenvalue weighted by Gasteiger charge is 2.57. The Labute approximate surface area is 291 Å². The Morgan fingerprint density at radius 2 is 1.52 bits per heavy atom. The third-order valence-electron chi connectivity index (χ3n) is 8.01. The lowest BCUT2D eigenvalue weighted by atomic mass is 10.00. The van der Waals surface area contributed by atoms with E-state index in [1.807, 2.05) is 24.3 Å². The van der Waals surface area contributed by atoms with E-state index in [4.69, 9.17) is 9.47 Å². The predicted molar refractivity (Wildman–Crippen MR) is 183 cm³/mol. The summed E-state index contributed by atoms with van der Waals surface area (Å²) >= 11 is 2.77. The highest BCUT2D eigenvalue weighted by Crippen LogP contribution is 2.45. The first kappa shape index (κ1) is 34.1. The average Bonchev–Trinajstić information content (AvgIpc) is 3.54. The standard InChI is InChI=1S/C33H27N5O10S2/c1-19-17-50-31-29(30(40)36(31)28(19)32(41)47-15-20-6-10-22(11-7-20)37(43)44)35(25-18-49-26-5-3-2-4-24(25)26)27(39)14-34-33(42)48-16-21-8-12-23(13-9-21)38(45)46/h2-13,18,29,31H,14-17H2,1H3,(H,34,42)/t29?,31-/m0/s1. The van der Waals surface area contributed by atoms with Gasteiger partial charge in [0.15, 0.2) is 0 Å². The van der Waals surface area contributed by atoms with Crippen LogP contribution in [0.3, 0.4) is 0 Å². The van der Waals surface area contributed by atoms with E-state index >= 15 is 0 Å². The number of benzene rings is 3. The number of nitro groups is 2. The zero-order valence-electron chi connectivity index (χ0n) is 26.2. The number of hydrogen-bond acceptors (Lipinski definition) is 12. The molecule has 3 amide bonds. The number of β-lactam (4-membered cyclic amide) rings is 1. The number of alkyl carbamates (subject to hydrolysis) is 1. The lowest BCUT2D eigenvalue weighted by Gasteiger charge is -2.52. The van der Waals surface area contributed by atoms with Crippen LogP contribution in [-0.2, 0) is 37.1 Å². The molecule has 256 valence electrons. The monoisotopic (exact) mass is 717 g/mol. The molecule has 50 heavy (non-hydrogen) atoms. The van der Waals surface area contributed by atoms with Crippen LogP contribution < -0.4 is 10.2 Å². The smallest absolute Gasteiger partial charge is 0.407 e. The second-order valence-corrected chi connectivity index (χ2v) is 13.2. The van der Waals surface area contributed by atoms with Crippen molar-refractivity contribution in [1.82, 2.24) is 10.2 Å². The summed E-state index contributed by atoms with van der Waals surface area (Å²) in [6, 6.07) is 17.4. The molecule has 0 saturated carbocycles. The van der Waals surface area contributed by atoms with E-state index in [1.54, 1.807) is 12.3 Å². The number of esters is 1. The molecule has 3 heterocycles. The molecule has 2 aliphatic heterocycles. The van der Waals surface area contributed by atoms with E-state index in [1.165, 1.54) is 81.4 Å². The van der Waals surface area contributed by atoms with Crippen molar-refractivity contribution >= 4 is 74.1 Å². The van der Waals surface area contributed by atoms with Crippen molar-refractivity contribution in [1.29, 1.82) is 0 Å². The molecular weight excluding hydrogens is 691 g/mol. The fourth-order valence-electron chi connectivity index (χ4n) is 5.51. The van der Waals surface area contributed by atoms with Gasteiger partial charge >= 0.3 is 12.1 Å². The van der Waals surface area contributed by atoms with Crippen LogP contribution in [0.25, 0.3) is 10.1 Å². The van der Waals surface area contributed by atoms with Crippen molar-refractivity contribution in [2.45, 2.75) is 31.6 Å². The molecule has 3 aromatic carbocycles. The number of amides is 3. The maximum absolute atomic E-state index is 13.9. The van der Waals surface area contributed by atoms with E-state index in [0.29, 0.717) is 28.1 Å². The molecule has 2 atom stereocenters.